The summed E-state index contributed by atoms with van der Waals surface area (Å²) in [4.78, 5) is 18.8. The number of likely N-dealkylation sites (tertiary alicyclic amines) is 1. The number of piperidine rings is 1. The number of ether oxygens (including phenoxy) is 1. The molecule has 0 spiro atoms. The molecule has 2 fully saturated rings. The minimum atomic E-state index is -4.40. The van der Waals surface area contributed by atoms with Crippen LogP contribution in [0.25, 0.3) is 0 Å². The van der Waals surface area contributed by atoms with Crippen molar-refractivity contribution < 1.29 is 27.8 Å². The molecule has 0 radical (unpaired) electrons. The van der Waals surface area contributed by atoms with Crippen LogP contribution in [0.5, 0.6) is 0 Å². The lowest BCUT2D eigenvalue weighted by Crippen LogP contribution is -2.48. The maximum atomic E-state index is 13.1. The summed E-state index contributed by atoms with van der Waals surface area (Å²) in [5, 5.41) is 10.0. The van der Waals surface area contributed by atoms with Crippen LogP contribution in [0.15, 0.2) is 24.3 Å². The van der Waals surface area contributed by atoms with E-state index in [9.17, 15) is 23.1 Å². The van der Waals surface area contributed by atoms with Crippen molar-refractivity contribution in [2.75, 3.05) is 57.9 Å². The lowest BCUT2D eigenvalue weighted by atomic mass is 9.97. The highest BCUT2D eigenvalue weighted by molar-refractivity contribution is 5.78. The van der Waals surface area contributed by atoms with Gasteiger partial charge in [0.05, 0.1) is 24.3 Å². The molecule has 6 nitrogen and oxygen atoms in total. The predicted octanol–water partition coefficient (Wildman–Crippen LogP) is 2.85. The Bertz CT molecular complexity index is 751. The Balaban J connectivity index is 1.64. The molecule has 0 aromatic heterocycles. The largest absolute Gasteiger partial charge is 0.416 e. The molecule has 3 atom stereocenters. The number of amides is 1. The van der Waals surface area contributed by atoms with Crippen molar-refractivity contribution in [3.63, 3.8) is 0 Å². The van der Waals surface area contributed by atoms with Crippen LogP contribution in [-0.4, -0.2) is 85.9 Å². The summed E-state index contributed by atoms with van der Waals surface area (Å²) < 4.78 is 44.7. The minimum Gasteiger partial charge on any atom is -0.392 e. The van der Waals surface area contributed by atoms with Gasteiger partial charge in [0.15, 0.2) is 0 Å². The van der Waals surface area contributed by atoms with Gasteiger partial charge in [0.1, 0.15) is 0 Å². The SMILES string of the molecule is COC[C@H](CCN1C[C@@H](C)C[C@H](O)C1)N1CCN(c2cccc(C(F)(F)F)c2)CCC1=O. The monoisotopic (exact) mass is 457 g/mol. The summed E-state index contributed by atoms with van der Waals surface area (Å²) in [6.07, 6.45) is -2.93. The van der Waals surface area contributed by atoms with Gasteiger partial charge >= 0.3 is 6.18 Å². The molecule has 0 aliphatic carbocycles. The summed E-state index contributed by atoms with van der Waals surface area (Å²) in [5.74, 6) is 0.425. The van der Waals surface area contributed by atoms with E-state index in [1.807, 2.05) is 9.80 Å². The average molecular weight is 458 g/mol. The molecule has 180 valence electrons. The summed E-state index contributed by atoms with van der Waals surface area (Å²) in [5.41, 5.74) is -0.202. The van der Waals surface area contributed by atoms with E-state index >= 15 is 0 Å². The molecule has 2 aliphatic rings. The number of hydrogen-bond donors (Lipinski definition) is 1. The number of carbonyl (C=O) groups excluding carboxylic acids is 1. The molecule has 0 saturated carbocycles. The Morgan fingerprint density at radius 1 is 1.22 bits per heavy atom. The first-order chi connectivity index (χ1) is 15.2. The number of benzene rings is 1. The van der Waals surface area contributed by atoms with Crippen molar-refractivity contribution in [1.29, 1.82) is 0 Å². The second-order valence-electron chi connectivity index (χ2n) is 9.02. The number of methoxy groups -OCH3 is 1. The number of alkyl halides is 3. The van der Waals surface area contributed by atoms with E-state index in [4.69, 9.17) is 4.74 Å². The standard InChI is InChI=1S/C23H34F3N3O3/c1-17-12-21(30)15-27(14-17)8-6-20(16-32-2)29-11-10-28(9-7-22(29)31)19-5-3-4-18(13-19)23(24,25)26/h3-5,13,17,20-21,30H,6-12,14-16H2,1-2H3/t17-,20-,21-/m0/s1. The van der Waals surface area contributed by atoms with Crippen molar-refractivity contribution >= 4 is 11.6 Å². The molecule has 2 heterocycles. The van der Waals surface area contributed by atoms with Gasteiger partial charge in [-0.15, -0.1) is 0 Å². The van der Waals surface area contributed by atoms with Crippen LogP contribution in [0.1, 0.15) is 31.7 Å². The van der Waals surface area contributed by atoms with Gasteiger partial charge in [0, 0.05) is 58.5 Å². The quantitative estimate of drug-likeness (QED) is 0.683. The van der Waals surface area contributed by atoms with Gasteiger partial charge in [-0.3, -0.25) is 4.79 Å². The lowest BCUT2D eigenvalue weighted by Gasteiger charge is -2.36. The molecule has 32 heavy (non-hydrogen) atoms. The number of β-amino-alcohol motifs (C(OH)–C–C–N with tert-alkyl or cyclic N) is 1. The van der Waals surface area contributed by atoms with Crippen LogP contribution >= 0.6 is 0 Å². The van der Waals surface area contributed by atoms with Crippen LogP contribution in [0, 0.1) is 5.92 Å². The number of carbonyl (C=O) groups is 1. The molecular weight excluding hydrogens is 423 g/mol. The van der Waals surface area contributed by atoms with Crippen LogP contribution in [0.4, 0.5) is 18.9 Å². The van der Waals surface area contributed by atoms with Crippen molar-refractivity contribution in [2.45, 2.75) is 44.5 Å². The van der Waals surface area contributed by atoms with E-state index in [0.717, 1.165) is 38.1 Å². The topological polar surface area (TPSA) is 56.3 Å². The molecule has 3 rings (SSSR count). The predicted molar refractivity (Wildman–Crippen MR) is 116 cm³/mol. The molecule has 1 amide bonds. The summed E-state index contributed by atoms with van der Waals surface area (Å²) in [7, 11) is 1.61. The molecule has 9 heteroatoms. The normalized spacial score (nSPS) is 24.5. The number of halogens is 3. The highest BCUT2D eigenvalue weighted by atomic mass is 19.4. The highest BCUT2D eigenvalue weighted by Gasteiger charge is 2.32. The molecule has 2 saturated heterocycles. The van der Waals surface area contributed by atoms with Crippen LogP contribution < -0.4 is 4.90 Å². The van der Waals surface area contributed by atoms with E-state index < -0.39 is 11.7 Å². The Hall–Kier alpha value is -1.84. The van der Waals surface area contributed by atoms with Crippen LogP contribution in [-0.2, 0) is 15.7 Å². The maximum Gasteiger partial charge on any atom is 0.416 e. The van der Waals surface area contributed by atoms with Gasteiger partial charge in [-0.1, -0.05) is 13.0 Å². The van der Waals surface area contributed by atoms with E-state index in [1.165, 1.54) is 6.07 Å². The summed E-state index contributed by atoms with van der Waals surface area (Å²) in [6, 6.07) is 5.17. The maximum absolute atomic E-state index is 13.1. The van der Waals surface area contributed by atoms with E-state index in [0.29, 0.717) is 44.4 Å². The number of anilines is 1. The second-order valence-corrected chi connectivity index (χ2v) is 9.02. The van der Waals surface area contributed by atoms with Crippen molar-refractivity contribution in [1.82, 2.24) is 9.80 Å². The van der Waals surface area contributed by atoms with Crippen molar-refractivity contribution in [3.05, 3.63) is 29.8 Å². The van der Waals surface area contributed by atoms with Crippen LogP contribution in [0.2, 0.25) is 0 Å². The fraction of sp³-hybridized carbons (Fsp3) is 0.696. The lowest BCUT2D eigenvalue weighted by molar-refractivity contribution is -0.137. The summed E-state index contributed by atoms with van der Waals surface area (Å²) >= 11 is 0. The summed E-state index contributed by atoms with van der Waals surface area (Å²) in [6.45, 7) is 6.14. The Morgan fingerprint density at radius 3 is 2.69 bits per heavy atom. The first kappa shape index (κ1) is 24.8. The van der Waals surface area contributed by atoms with Crippen molar-refractivity contribution in [2.24, 2.45) is 5.92 Å². The van der Waals surface area contributed by atoms with Gasteiger partial charge < -0.3 is 24.5 Å². The second kappa shape index (κ2) is 10.9. The zero-order chi connectivity index (χ0) is 23.3. The van der Waals surface area contributed by atoms with Crippen LogP contribution in [0.3, 0.4) is 0 Å². The Kier molecular flexibility index (Phi) is 8.41. The van der Waals surface area contributed by atoms with Gasteiger partial charge in [-0.2, -0.15) is 13.2 Å². The number of nitrogens with zero attached hydrogens (tertiary/aromatic N) is 3. The smallest absolute Gasteiger partial charge is 0.392 e. The van der Waals surface area contributed by atoms with E-state index in [1.54, 1.807) is 13.2 Å². The Morgan fingerprint density at radius 2 is 2.00 bits per heavy atom. The molecule has 2 aliphatic heterocycles. The third kappa shape index (κ3) is 6.59. The zero-order valence-corrected chi connectivity index (χ0v) is 18.9. The third-order valence-corrected chi connectivity index (χ3v) is 6.36. The van der Waals surface area contributed by atoms with Gasteiger partial charge in [-0.25, -0.2) is 0 Å². The molecule has 1 N–H and O–H groups in total. The zero-order valence-electron chi connectivity index (χ0n) is 18.9. The van der Waals surface area contributed by atoms with Gasteiger partial charge in [0.2, 0.25) is 5.91 Å². The number of rotatable bonds is 7. The molecule has 0 bridgehead atoms. The molecular formula is C23H34F3N3O3. The fourth-order valence-corrected chi connectivity index (χ4v) is 4.83. The molecule has 1 aromatic carbocycles. The van der Waals surface area contributed by atoms with Crippen molar-refractivity contribution in [3.8, 4) is 0 Å². The van der Waals surface area contributed by atoms with Gasteiger partial charge in [0.25, 0.3) is 0 Å². The first-order valence-corrected chi connectivity index (χ1v) is 11.3. The van der Waals surface area contributed by atoms with Gasteiger partial charge in [-0.05, 0) is 37.0 Å². The number of hydrogen-bond acceptors (Lipinski definition) is 5. The molecule has 0 unspecified atom stereocenters. The first-order valence-electron chi connectivity index (χ1n) is 11.3. The molecule has 1 aromatic rings. The third-order valence-electron chi connectivity index (χ3n) is 6.36. The fourth-order valence-electron chi connectivity index (χ4n) is 4.83. The highest BCUT2D eigenvalue weighted by Crippen LogP contribution is 2.32. The average Bonchev–Trinajstić information content (AvgIpc) is 2.92. The van der Waals surface area contributed by atoms with E-state index in [2.05, 4.69) is 11.8 Å². The van der Waals surface area contributed by atoms with E-state index in [-0.39, 0.29) is 24.5 Å². The number of aliphatic hydroxyl groups is 1. The number of aliphatic hydroxyl groups excluding tert-OH is 1. The Labute approximate surface area is 187 Å². The minimum absolute atomic E-state index is 0.00595.